The first-order valence-electron chi connectivity index (χ1n) is 7.55. The van der Waals surface area contributed by atoms with Crippen LogP contribution in [-0.4, -0.2) is 12.1 Å². The van der Waals surface area contributed by atoms with Gasteiger partial charge in [0, 0.05) is 12.6 Å². The van der Waals surface area contributed by atoms with Crippen LogP contribution < -0.4 is 10.1 Å². The summed E-state index contributed by atoms with van der Waals surface area (Å²) in [6.07, 6.45) is 2.92. The minimum atomic E-state index is 0.241. The van der Waals surface area contributed by atoms with E-state index in [2.05, 4.69) is 57.3 Å². The quantitative estimate of drug-likeness (QED) is 0.865. The van der Waals surface area contributed by atoms with Crippen LogP contribution in [0.4, 0.5) is 0 Å². The average Bonchev–Trinajstić information content (AvgIpc) is 2.69. The Kier molecular flexibility index (Phi) is 4.87. The number of ether oxygens (including phenoxy) is 1. The van der Waals surface area contributed by atoms with E-state index in [1.807, 2.05) is 0 Å². The van der Waals surface area contributed by atoms with Crippen molar-refractivity contribution in [2.75, 3.05) is 0 Å². The van der Waals surface area contributed by atoms with Gasteiger partial charge in [-0.2, -0.15) is 0 Å². The Morgan fingerprint density at radius 3 is 2.37 bits per heavy atom. The first kappa shape index (κ1) is 14.4. The fraction of sp³-hybridized carbons (Fsp3) is 0.647. The van der Waals surface area contributed by atoms with Gasteiger partial charge in [0.25, 0.3) is 0 Å². The molecule has 0 radical (unpaired) electrons. The molecule has 0 aliphatic heterocycles. The van der Waals surface area contributed by atoms with E-state index in [0.29, 0.717) is 6.04 Å². The normalized spacial score (nSPS) is 26.9. The van der Waals surface area contributed by atoms with Crippen LogP contribution in [0.5, 0.6) is 5.75 Å². The third kappa shape index (κ3) is 3.97. The first-order chi connectivity index (χ1) is 9.06. The maximum Gasteiger partial charge on any atom is 0.119 e. The van der Waals surface area contributed by atoms with Gasteiger partial charge in [-0.05, 0) is 56.2 Å². The van der Waals surface area contributed by atoms with Crippen molar-refractivity contribution in [2.24, 2.45) is 11.8 Å². The van der Waals surface area contributed by atoms with Gasteiger partial charge in [0.2, 0.25) is 0 Å². The third-order valence-corrected chi connectivity index (χ3v) is 4.33. The molecule has 1 fully saturated rings. The number of benzene rings is 1. The van der Waals surface area contributed by atoms with Crippen molar-refractivity contribution in [3.63, 3.8) is 0 Å². The molecule has 0 heterocycles. The van der Waals surface area contributed by atoms with E-state index >= 15 is 0 Å². The molecule has 1 aliphatic carbocycles. The first-order valence-corrected chi connectivity index (χ1v) is 7.55. The molecule has 2 nitrogen and oxygen atoms in total. The molecule has 3 atom stereocenters. The molecule has 1 aliphatic rings. The van der Waals surface area contributed by atoms with Gasteiger partial charge in [-0.1, -0.05) is 26.0 Å². The molecule has 1 N–H and O–H groups in total. The van der Waals surface area contributed by atoms with Gasteiger partial charge >= 0.3 is 0 Å². The van der Waals surface area contributed by atoms with Gasteiger partial charge in [0.1, 0.15) is 5.75 Å². The second-order valence-electron chi connectivity index (χ2n) is 6.21. The SMILES string of the molecule is CC(C)Oc1ccc(CNC2CCC(C)C2C)cc1. The Morgan fingerprint density at radius 1 is 1.16 bits per heavy atom. The fourth-order valence-corrected chi connectivity index (χ4v) is 2.86. The highest BCUT2D eigenvalue weighted by Crippen LogP contribution is 2.31. The van der Waals surface area contributed by atoms with E-state index in [1.54, 1.807) is 0 Å². The van der Waals surface area contributed by atoms with Gasteiger partial charge in [0.05, 0.1) is 6.10 Å². The summed E-state index contributed by atoms with van der Waals surface area (Å²) in [4.78, 5) is 0. The zero-order chi connectivity index (χ0) is 13.8. The van der Waals surface area contributed by atoms with Crippen molar-refractivity contribution in [1.82, 2.24) is 5.32 Å². The standard InChI is InChI=1S/C17H27NO/c1-12(2)19-16-8-6-15(7-9-16)11-18-17-10-5-13(3)14(17)4/h6-9,12-14,17-18H,5,10-11H2,1-4H3. The van der Waals surface area contributed by atoms with E-state index in [4.69, 9.17) is 4.74 Å². The number of hydrogen-bond donors (Lipinski definition) is 1. The lowest BCUT2D eigenvalue weighted by Gasteiger charge is -2.20. The van der Waals surface area contributed by atoms with Gasteiger partial charge in [-0.25, -0.2) is 0 Å². The van der Waals surface area contributed by atoms with E-state index in [0.717, 1.165) is 24.1 Å². The predicted octanol–water partition coefficient (Wildman–Crippen LogP) is 4.00. The summed E-state index contributed by atoms with van der Waals surface area (Å²) in [6.45, 7) is 9.80. The number of hydrogen-bond acceptors (Lipinski definition) is 2. The van der Waals surface area contributed by atoms with E-state index < -0.39 is 0 Å². The molecule has 0 aromatic heterocycles. The Hall–Kier alpha value is -1.02. The molecule has 0 saturated heterocycles. The highest BCUT2D eigenvalue weighted by Gasteiger charge is 2.28. The van der Waals surface area contributed by atoms with Crippen molar-refractivity contribution in [3.05, 3.63) is 29.8 Å². The lowest BCUT2D eigenvalue weighted by Crippen LogP contribution is -2.31. The van der Waals surface area contributed by atoms with Gasteiger partial charge in [-0.15, -0.1) is 0 Å². The minimum Gasteiger partial charge on any atom is -0.491 e. The molecular formula is C17H27NO. The highest BCUT2D eigenvalue weighted by molar-refractivity contribution is 5.27. The van der Waals surface area contributed by atoms with E-state index in [-0.39, 0.29) is 6.10 Å². The second-order valence-corrected chi connectivity index (χ2v) is 6.21. The van der Waals surface area contributed by atoms with Crippen LogP contribution in [0.15, 0.2) is 24.3 Å². The second kappa shape index (κ2) is 6.42. The maximum absolute atomic E-state index is 5.66. The summed E-state index contributed by atoms with van der Waals surface area (Å²) < 4.78 is 5.66. The van der Waals surface area contributed by atoms with Crippen LogP contribution in [0.2, 0.25) is 0 Å². The largest absolute Gasteiger partial charge is 0.491 e. The van der Waals surface area contributed by atoms with Crippen LogP contribution in [0.25, 0.3) is 0 Å². The van der Waals surface area contributed by atoms with Crippen molar-refractivity contribution in [3.8, 4) is 5.75 Å². The molecule has 19 heavy (non-hydrogen) atoms. The molecule has 0 amide bonds. The summed E-state index contributed by atoms with van der Waals surface area (Å²) in [5.74, 6) is 2.62. The molecule has 1 aromatic carbocycles. The Morgan fingerprint density at radius 2 is 1.84 bits per heavy atom. The predicted molar refractivity (Wildman–Crippen MR) is 80.4 cm³/mol. The van der Waals surface area contributed by atoms with Crippen LogP contribution in [-0.2, 0) is 6.54 Å². The van der Waals surface area contributed by atoms with Gasteiger partial charge < -0.3 is 10.1 Å². The topological polar surface area (TPSA) is 21.3 Å². The van der Waals surface area contributed by atoms with Gasteiger partial charge in [-0.3, -0.25) is 0 Å². The molecule has 3 unspecified atom stereocenters. The summed E-state index contributed by atoms with van der Waals surface area (Å²) in [7, 11) is 0. The van der Waals surface area contributed by atoms with Gasteiger partial charge in [0.15, 0.2) is 0 Å². The summed E-state index contributed by atoms with van der Waals surface area (Å²) in [5, 5.41) is 3.70. The average molecular weight is 261 g/mol. The fourth-order valence-electron chi connectivity index (χ4n) is 2.86. The Balaban J connectivity index is 1.83. The number of rotatable bonds is 5. The molecular weight excluding hydrogens is 234 g/mol. The molecule has 0 bridgehead atoms. The lowest BCUT2D eigenvalue weighted by atomic mass is 9.98. The maximum atomic E-state index is 5.66. The molecule has 1 saturated carbocycles. The van der Waals surface area contributed by atoms with Crippen LogP contribution >= 0.6 is 0 Å². The molecule has 2 rings (SSSR count). The zero-order valence-corrected chi connectivity index (χ0v) is 12.6. The minimum absolute atomic E-state index is 0.241. The van der Waals surface area contributed by atoms with E-state index in [9.17, 15) is 0 Å². The Bertz CT molecular complexity index is 385. The summed E-state index contributed by atoms with van der Waals surface area (Å²) >= 11 is 0. The van der Waals surface area contributed by atoms with E-state index in [1.165, 1.54) is 18.4 Å². The zero-order valence-electron chi connectivity index (χ0n) is 12.6. The van der Waals surface area contributed by atoms with Crippen molar-refractivity contribution >= 4 is 0 Å². The van der Waals surface area contributed by atoms with Crippen LogP contribution in [0.1, 0.15) is 46.1 Å². The van der Waals surface area contributed by atoms with Crippen molar-refractivity contribution in [2.45, 2.75) is 59.2 Å². The highest BCUT2D eigenvalue weighted by atomic mass is 16.5. The molecule has 0 spiro atoms. The smallest absolute Gasteiger partial charge is 0.119 e. The molecule has 106 valence electrons. The monoisotopic (exact) mass is 261 g/mol. The summed E-state index contributed by atoms with van der Waals surface area (Å²) in [5.41, 5.74) is 1.34. The van der Waals surface area contributed by atoms with Crippen molar-refractivity contribution < 1.29 is 4.74 Å². The lowest BCUT2D eigenvalue weighted by molar-refractivity contribution is 0.242. The molecule has 2 heteroatoms. The third-order valence-electron chi connectivity index (χ3n) is 4.33. The van der Waals surface area contributed by atoms with Crippen LogP contribution in [0, 0.1) is 11.8 Å². The number of nitrogens with one attached hydrogen (secondary N) is 1. The Labute approximate surface area is 117 Å². The molecule has 1 aromatic rings. The van der Waals surface area contributed by atoms with Crippen molar-refractivity contribution in [1.29, 1.82) is 0 Å². The van der Waals surface area contributed by atoms with Crippen LogP contribution in [0.3, 0.4) is 0 Å². The summed E-state index contributed by atoms with van der Waals surface area (Å²) in [6, 6.07) is 9.14.